The summed E-state index contributed by atoms with van der Waals surface area (Å²) in [5, 5.41) is 11.9. The van der Waals surface area contributed by atoms with Gasteiger partial charge in [0.2, 0.25) is 0 Å². The van der Waals surface area contributed by atoms with Crippen LogP contribution in [0.2, 0.25) is 0 Å². The number of nitrogens with zero attached hydrogens (tertiary/aromatic N) is 1. The summed E-state index contributed by atoms with van der Waals surface area (Å²) in [5.41, 5.74) is 0. The first-order valence-corrected chi connectivity index (χ1v) is 6.00. The van der Waals surface area contributed by atoms with Crippen molar-refractivity contribution in [3.8, 4) is 0 Å². The Morgan fingerprint density at radius 3 is 2.56 bits per heavy atom. The van der Waals surface area contributed by atoms with Gasteiger partial charge in [-0.1, -0.05) is 0 Å². The molecule has 0 aromatic rings. The Morgan fingerprint density at radius 2 is 2.00 bits per heavy atom. The summed E-state index contributed by atoms with van der Waals surface area (Å²) in [5.74, 6) is -0.933. The van der Waals surface area contributed by atoms with Gasteiger partial charge in [0.05, 0.1) is 5.92 Å². The Kier molecular flexibility index (Phi) is 3.76. The number of halogens is 1. The molecule has 2 heterocycles. The summed E-state index contributed by atoms with van der Waals surface area (Å²) in [7, 11) is 0. The number of rotatable bonds is 2. The van der Waals surface area contributed by atoms with E-state index in [1.54, 1.807) is 0 Å². The highest BCUT2D eigenvalue weighted by atomic mass is 19.1. The van der Waals surface area contributed by atoms with Gasteiger partial charge >= 0.3 is 5.97 Å². The second-order valence-corrected chi connectivity index (χ2v) is 4.72. The lowest BCUT2D eigenvalue weighted by atomic mass is 9.93. The van der Waals surface area contributed by atoms with E-state index in [2.05, 4.69) is 10.2 Å². The van der Waals surface area contributed by atoms with Gasteiger partial charge in [-0.25, -0.2) is 4.39 Å². The van der Waals surface area contributed by atoms with E-state index in [0.717, 1.165) is 26.1 Å². The van der Waals surface area contributed by atoms with Crippen LogP contribution < -0.4 is 5.32 Å². The smallest absolute Gasteiger partial charge is 0.306 e. The molecular formula is C11H19FN2O2. The van der Waals surface area contributed by atoms with Crippen molar-refractivity contribution >= 4 is 5.97 Å². The third-order valence-corrected chi connectivity index (χ3v) is 3.72. The molecule has 2 saturated heterocycles. The SMILES string of the molecule is O=C(O)C1CCN(C2CCNCC2F)CC1. The largest absolute Gasteiger partial charge is 0.481 e. The molecule has 0 saturated carbocycles. The molecule has 2 unspecified atom stereocenters. The van der Waals surface area contributed by atoms with Gasteiger partial charge in [-0.05, 0) is 38.9 Å². The van der Waals surface area contributed by atoms with Gasteiger partial charge in [-0.15, -0.1) is 0 Å². The molecule has 5 heteroatoms. The number of hydrogen-bond acceptors (Lipinski definition) is 3. The molecule has 0 aliphatic carbocycles. The zero-order valence-electron chi connectivity index (χ0n) is 9.36. The van der Waals surface area contributed by atoms with Crippen molar-refractivity contribution < 1.29 is 14.3 Å². The van der Waals surface area contributed by atoms with Crippen LogP contribution in [0.1, 0.15) is 19.3 Å². The lowest BCUT2D eigenvalue weighted by molar-refractivity contribution is -0.143. The van der Waals surface area contributed by atoms with Gasteiger partial charge in [0.25, 0.3) is 0 Å². The molecule has 2 N–H and O–H groups in total. The molecule has 2 rings (SSSR count). The van der Waals surface area contributed by atoms with Crippen LogP contribution in [-0.4, -0.2) is 54.4 Å². The maximum atomic E-state index is 13.7. The van der Waals surface area contributed by atoms with E-state index >= 15 is 0 Å². The Balaban J connectivity index is 1.85. The number of hydrogen-bond donors (Lipinski definition) is 2. The molecule has 2 fully saturated rings. The normalized spacial score (nSPS) is 33.8. The van der Waals surface area contributed by atoms with Gasteiger partial charge in [0.15, 0.2) is 0 Å². The molecule has 0 aromatic heterocycles. The highest BCUT2D eigenvalue weighted by Gasteiger charge is 2.33. The van der Waals surface area contributed by atoms with Crippen molar-refractivity contribution in [3.63, 3.8) is 0 Å². The number of aliphatic carboxylic acids is 1. The van der Waals surface area contributed by atoms with Crippen LogP contribution >= 0.6 is 0 Å². The van der Waals surface area contributed by atoms with E-state index in [1.807, 2.05) is 0 Å². The first-order chi connectivity index (χ1) is 7.68. The topological polar surface area (TPSA) is 52.6 Å². The van der Waals surface area contributed by atoms with Crippen LogP contribution in [0.25, 0.3) is 0 Å². The first kappa shape index (κ1) is 11.8. The molecule has 2 aliphatic rings. The predicted octanol–water partition coefficient (Wildman–Crippen LogP) is 0.483. The Labute approximate surface area is 94.8 Å². The fraction of sp³-hybridized carbons (Fsp3) is 0.909. The van der Waals surface area contributed by atoms with Crippen molar-refractivity contribution in [1.29, 1.82) is 0 Å². The molecule has 0 amide bonds. The van der Waals surface area contributed by atoms with Crippen molar-refractivity contribution in [1.82, 2.24) is 10.2 Å². The van der Waals surface area contributed by atoms with E-state index < -0.39 is 12.1 Å². The van der Waals surface area contributed by atoms with Gasteiger partial charge in [0, 0.05) is 12.6 Å². The summed E-state index contributed by atoms with van der Waals surface area (Å²) in [4.78, 5) is 12.9. The number of piperidine rings is 2. The number of nitrogens with one attached hydrogen (secondary N) is 1. The lowest BCUT2D eigenvalue weighted by Gasteiger charge is -2.40. The molecule has 2 atom stereocenters. The van der Waals surface area contributed by atoms with Crippen LogP contribution in [0.3, 0.4) is 0 Å². The molecule has 0 bridgehead atoms. The van der Waals surface area contributed by atoms with E-state index in [-0.39, 0.29) is 12.0 Å². The zero-order chi connectivity index (χ0) is 11.5. The third-order valence-electron chi connectivity index (χ3n) is 3.72. The van der Waals surface area contributed by atoms with E-state index in [4.69, 9.17) is 5.11 Å². The van der Waals surface area contributed by atoms with E-state index in [9.17, 15) is 9.18 Å². The minimum absolute atomic E-state index is 0.00371. The first-order valence-electron chi connectivity index (χ1n) is 6.00. The van der Waals surface area contributed by atoms with Gasteiger partial charge in [-0.2, -0.15) is 0 Å². The Bertz CT molecular complexity index is 254. The van der Waals surface area contributed by atoms with Crippen LogP contribution in [0.15, 0.2) is 0 Å². The molecule has 0 aromatic carbocycles. The lowest BCUT2D eigenvalue weighted by Crippen LogP contribution is -2.53. The maximum Gasteiger partial charge on any atom is 0.306 e. The molecule has 2 aliphatic heterocycles. The maximum absolute atomic E-state index is 13.7. The standard InChI is InChI=1S/C11H19FN2O2/c12-9-7-13-4-1-10(9)14-5-2-8(3-6-14)11(15)16/h8-10,13H,1-7H2,(H,15,16). The zero-order valence-corrected chi connectivity index (χ0v) is 9.36. The number of alkyl halides is 1. The Hall–Kier alpha value is -0.680. The summed E-state index contributed by atoms with van der Waals surface area (Å²) in [6.07, 6.45) is 1.34. The van der Waals surface area contributed by atoms with Crippen molar-refractivity contribution in [2.75, 3.05) is 26.2 Å². The summed E-state index contributed by atoms with van der Waals surface area (Å²) < 4.78 is 13.7. The summed E-state index contributed by atoms with van der Waals surface area (Å²) in [6.45, 7) is 2.75. The van der Waals surface area contributed by atoms with Crippen LogP contribution in [0, 0.1) is 5.92 Å². The van der Waals surface area contributed by atoms with E-state index in [0.29, 0.717) is 19.4 Å². The molecule has 0 spiro atoms. The fourth-order valence-electron chi connectivity index (χ4n) is 2.70. The minimum atomic E-state index is -0.810. The number of carbonyl (C=O) groups is 1. The van der Waals surface area contributed by atoms with Crippen molar-refractivity contribution in [2.45, 2.75) is 31.5 Å². The van der Waals surface area contributed by atoms with Gasteiger partial charge in [-0.3, -0.25) is 9.69 Å². The highest BCUT2D eigenvalue weighted by Crippen LogP contribution is 2.23. The van der Waals surface area contributed by atoms with Crippen LogP contribution in [0.5, 0.6) is 0 Å². The number of likely N-dealkylation sites (tertiary alicyclic amines) is 1. The van der Waals surface area contributed by atoms with Crippen LogP contribution in [0.4, 0.5) is 4.39 Å². The number of carboxylic acids is 1. The molecule has 92 valence electrons. The molecule has 4 nitrogen and oxygen atoms in total. The molecule has 0 radical (unpaired) electrons. The average molecular weight is 230 g/mol. The average Bonchev–Trinajstić information content (AvgIpc) is 2.30. The summed E-state index contributed by atoms with van der Waals surface area (Å²) >= 11 is 0. The van der Waals surface area contributed by atoms with Crippen LogP contribution in [-0.2, 0) is 4.79 Å². The molecular weight excluding hydrogens is 211 g/mol. The van der Waals surface area contributed by atoms with Crippen molar-refractivity contribution in [3.05, 3.63) is 0 Å². The third kappa shape index (κ3) is 2.52. The van der Waals surface area contributed by atoms with Crippen molar-refractivity contribution in [2.24, 2.45) is 5.92 Å². The van der Waals surface area contributed by atoms with Gasteiger partial charge < -0.3 is 10.4 Å². The minimum Gasteiger partial charge on any atom is -0.481 e. The van der Waals surface area contributed by atoms with Gasteiger partial charge in [0.1, 0.15) is 6.17 Å². The quantitative estimate of drug-likeness (QED) is 0.724. The second-order valence-electron chi connectivity index (χ2n) is 4.72. The highest BCUT2D eigenvalue weighted by molar-refractivity contribution is 5.70. The van der Waals surface area contributed by atoms with E-state index in [1.165, 1.54) is 0 Å². The molecule has 16 heavy (non-hydrogen) atoms. The summed E-state index contributed by atoms with van der Waals surface area (Å²) in [6, 6.07) is -0.00371. The monoisotopic (exact) mass is 230 g/mol. The predicted molar refractivity (Wildman–Crippen MR) is 58.1 cm³/mol. The second kappa shape index (κ2) is 5.10. The Morgan fingerprint density at radius 1 is 1.31 bits per heavy atom. The fourth-order valence-corrected chi connectivity index (χ4v) is 2.70. The number of carboxylic acid groups (broad SMARTS) is 1.